The molecule has 0 unspecified atom stereocenters. The van der Waals surface area contributed by atoms with Gasteiger partial charge in [-0.2, -0.15) is 5.26 Å². The van der Waals surface area contributed by atoms with E-state index < -0.39 is 12.6 Å². The number of nitriles is 1. The van der Waals surface area contributed by atoms with Crippen molar-refractivity contribution in [3.63, 3.8) is 0 Å². The largest absolute Gasteiger partial charge is 0.507 e. The Kier molecular flexibility index (Phi) is 3.26. The summed E-state index contributed by atoms with van der Waals surface area (Å²) in [6, 6.07) is 4.27. The lowest BCUT2D eigenvalue weighted by Crippen LogP contribution is -2.06. The van der Waals surface area contributed by atoms with Gasteiger partial charge >= 0.3 is 5.97 Å². The predicted octanol–water partition coefficient (Wildman–Crippen LogP) is 0.543. The monoisotopic (exact) mass is 207 g/mol. The molecular weight excluding hydrogens is 198 g/mol. The van der Waals surface area contributed by atoms with E-state index in [-0.39, 0.29) is 22.4 Å². The molecule has 1 aromatic carbocycles. The van der Waals surface area contributed by atoms with Crippen LogP contribution in [0.4, 0.5) is 0 Å². The van der Waals surface area contributed by atoms with Crippen LogP contribution < -0.4 is 0 Å². The van der Waals surface area contributed by atoms with Gasteiger partial charge in [0.15, 0.2) is 0 Å². The van der Waals surface area contributed by atoms with Gasteiger partial charge in [0.1, 0.15) is 11.3 Å². The van der Waals surface area contributed by atoms with Crippen LogP contribution in [0, 0.1) is 11.3 Å². The number of phenolic OH excluding ortho intramolecular Hbond substituents is 1. The average molecular weight is 207 g/mol. The predicted molar refractivity (Wildman–Crippen MR) is 50.1 cm³/mol. The van der Waals surface area contributed by atoms with Gasteiger partial charge in [-0.15, -0.1) is 0 Å². The van der Waals surface area contributed by atoms with Gasteiger partial charge in [0.05, 0.1) is 25.3 Å². The average Bonchev–Trinajstić information content (AvgIpc) is 2.26. The summed E-state index contributed by atoms with van der Waals surface area (Å²) in [5.41, 5.74) is 0.224. The summed E-state index contributed by atoms with van der Waals surface area (Å²) in [4.78, 5) is 11.2. The molecule has 78 valence electrons. The Morgan fingerprint density at radius 3 is 2.73 bits per heavy atom. The quantitative estimate of drug-likeness (QED) is 0.691. The molecule has 5 heteroatoms. The summed E-state index contributed by atoms with van der Waals surface area (Å²) in [7, 11) is 1.17. The minimum Gasteiger partial charge on any atom is -0.507 e. The second-order valence-corrected chi connectivity index (χ2v) is 2.79. The molecule has 0 spiro atoms. The molecule has 0 saturated carbocycles. The number of esters is 1. The molecule has 1 aromatic rings. The number of phenols is 1. The van der Waals surface area contributed by atoms with E-state index in [0.717, 1.165) is 6.07 Å². The van der Waals surface area contributed by atoms with Crippen LogP contribution in [0.5, 0.6) is 5.75 Å². The van der Waals surface area contributed by atoms with Crippen molar-refractivity contribution in [2.24, 2.45) is 0 Å². The number of nitrogens with zero attached hydrogens (tertiary/aromatic N) is 1. The molecule has 0 atom stereocenters. The van der Waals surface area contributed by atoms with Crippen molar-refractivity contribution < 1.29 is 19.7 Å². The van der Waals surface area contributed by atoms with Gasteiger partial charge in [-0.25, -0.2) is 4.79 Å². The lowest BCUT2D eigenvalue weighted by molar-refractivity contribution is 0.0593. The van der Waals surface area contributed by atoms with E-state index in [1.165, 1.54) is 13.2 Å². The lowest BCUT2D eigenvalue weighted by atomic mass is 10.0. The normalized spacial score (nSPS) is 9.40. The number of aliphatic hydroxyl groups is 1. The number of carbonyl (C=O) groups is 1. The van der Waals surface area contributed by atoms with E-state index in [1.54, 1.807) is 6.07 Å². The third kappa shape index (κ3) is 2.06. The molecule has 2 N–H and O–H groups in total. The van der Waals surface area contributed by atoms with Crippen LogP contribution in [0.15, 0.2) is 12.1 Å². The van der Waals surface area contributed by atoms with Crippen molar-refractivity contribution in [3.05, 3.63) is 28.8 Å². The molecule has 15 heavy (non-hydrogen) atoms. The molecule has 0 amide bonds. The Bertz CT molecular complexity index is 434. The number of aromatic hydroxyl groups is 1. The zero-order valence-electron chi connectivity index (χ0n) is 8.02. The third-order valence-electron chi connectivity index (χ3n) is 1.89. The highest BCUT2D eigenvalue weighted by atomic mass is 16.5. The van der Waals surface area contributed by atoms with Crippen molar-refractivity contribution in [3.8, 4) is 11.8 Å². The first-order valence-corrected chi connectivity index (χ1v) is 4.09. The second-order valence-electron chi connectivity index (χ2n) is 2.79. The first-order chi connectivity index (χ1) is 7.13. The Balaban J connectivity index is 3.39. The molecule has 5 nitrogen and oxygen atoms in total. The fourth-order valence-corrected chi connectivity index (χ4v) is 1.21. The van der Waals surface area contributed by atoms with Crippen LogP contribution >= 0.6 is 0 Å². The zero-order chi connectivity index (χ0) is 11.4. The summed E-state index contributed by atoms with van der Waals surface area (Å²) in [6.45, 7) is -0.451. The Labute approximate surface area is 86.1 Å². The smallest absolute Gasteiger partial charge is 0.342 e. The van der Waals surface area contributed by atoms with Crippen LogP contribution in [0.25, 0.3) is 0 Å². The molecule has 0 aromatic heterocycles. The zero-order valence-corrected chi connectivity index (χ0v) is 8.02. The maximum atomic E-state index is 11.2. The molecule has 0 bridgehead atoms. The van der Waals surface area contributed by atoms with E-state index >= 15 is 0 Å². The number of ether oxygens (including phenoxy) is 1. The molecule has 0 fully saturated rings. The Hall–Kier alpha value is -2.06. The summed E-state index contributed by atoms with van der Waals surface area (Å²) in [5.74, 6) is -1.12. The van der Waals surface area contributed by atoms with Gasteiger partial charge < -0.3 is 14.9 Å². The SMILES string of the molecule is COC(=O)c1c(O)cc(C#N)cc1CO. The van der Waals surface area contributed by atoms with Gasteiger partial charge in [0, 0.05) is 0 Å². The van der Waals surface area contributed by atoms with Crippen LogP contribution in [0.3, 0.4) is 0 Å². The van der Waals surface area contributed by atoms with E-state index in [4.69, 9.17) is 10.4 Å². The molecule has 0 aliphatic rings. The fourth-order valence-electron chi connectivity index (χ4n) is 1.21. The maximum Gasteiger partial charge on any atom is 0.342 e. The first-order valence-electron chi connectivity index (χ1n) is 4.09. The van der Waals surface area contributed by atoms with E-state index in [0.29, 0.717) is 0 Å². The molecule has 1 rings (SSSR count). The molecule has 0 radical (unpaired) electrons. The topological polar surface area (TPSA) is 90.5 Å². The number of carbonyl (C=O) groups excluding carboxylic acids is 1. The molecule has 0 aliphatic heterocycles. The van der Waals surface area contributed by atoms with Crippen LogP contribution in [-0.4, -0.2) is 23.3 Å². The maximum absolute atomic E-state index is 11.2. The number of hydrogen-bond donors (Lipinski definition) is 2. The molecule has 0 aliphatic carbocycles. The van der Waals surface area contributed by atoms with E-state index in [9.17, 15) is 9.90 Å². The van der Waals surface area contributed by atoms with Crippen molar-refractivity contribution in [1.82, 2.24) is 0 Å². The van der Waals surface area contributed by atoms with Gasteiger partial charge in [0.2, 0.25) is 0 Å². The van der Waals surface area contributed by atoms with Gasteiger partial charge in [-0.3, -0.25) is 0 Å². The minimum atomic E-state index is -0.749. The van der Waals surface area contributed by atoms with Crippen molar-refractivity contribution in [2.45, 2.75) is 6.61 Å². The van der Waals surface area contributed by atoms with Crippen LogP contribution in [0.1, 0.15) is 21.5 Å². The lowest BCUT2D eigenvalue weighted by Gasteiger charge is -2.07. The number of hydrogen-bond acceptors (Lipinski definition) is 5. The number of benzene rings is 1. The van der Waals surface area contributed by atoms with Crippen LogP contribution in [-0.2, 0) is 11.3 Å². The molecule has 0 saturated heterocycles. The standard InChI is InChI=1S/C10H9NO4/c1-15-10(14)9-7(5-12)2-6(4-11)3-8(9)13/h2-3,12-13H,5H2,1H3. The highest BCUT2D eigenvalue weighted by molar-refractivity contribution is 5.94. The number of rotatable bonds is 2. The highest BCUT2D eigenvalue weighted by Gasteiger charge is 2.17. The Morgan fingerprint density at radius 2 is 2.27 bits per heavy atom. The highest BCUT2D eigenvalue weighted by Crippen LogP contribution is 2.24. The van der Waals surface area contributed by atoms with Crippen molar-refractivity contribution >= 4 is 5.97 Å². The van der Waals surface area contributed by atoms with Crippen molar-refractivity contribution in [2.75, 3.05) is 7.11 Å². The number of methoxy groups -OCH3 is 1. The van der Waals surface area contributed by atoms with Crippen molar-refractivity contribution in [1.29, 1.82) is 5.26 Å². The Morgan fingerprint density at radius 1 is 1.60 bits per heavy atom. The fraction of sp³-hybridized carbons (Fsp3) is 0.200. The van der Waals surface area contributed by atoms with Gasteiger partial charge in [-0.1, -0.05) is 0 Å². The second kappa shape index (κ2) is 4.44. The summed E-state index contributed by atoms with van der Waals surface area (Å²) >= 11 is 0. The first kappa shape index (κ1) is 11.0. The third-order valence-corrected chi connectivity index (χ3v) is 1.89. The van der Waals surface area contributed by atoms with E-state index in [2.05, 4.69) is 4.74 Å². The summed E-state index contributed by atoms with van der Waals surface area (Å²) in [5, 5.41) is 27.1. The van der Waals surface area contributed by atoms with Gasteiger partial charge in [-0.05, 0) is 17.7 Å². The van der Waals surface area contributed by atoms with Crippen LogP contribution in [0.2, 0.25) is 0 Å². The van der Waals surface area contributed by atoms with E-state index in [1.807, 2.05) is 0 Å². The summed E-state index contributed by atoms with van der Waals surface area (Å²) < 4.78 is 4.44. The number of aliphatic hydroxyl groups excluding tert-OH is 1. The summed E-state index contributed by atoms with van der Waals surface area (Å²) in [6.07, 6.45) is 0. The minimum absolute atomic E-state index is 0.112. The molecule has 0 heterocycles. The molecular formula is C10H9NO4. The van der Waals surface area contributed by atoms with Gasteiger partial charge in [0.25, 0.3) is 0 Å².